The molecule has 1 aromatic carbocycles. The van der Waals surface area contributed by atoms with Crippen molar-refractivity contribution in [3.05, 3.63) is 47.8 Å². The molecule has 0 bridgehead atoms. The fourth-order valence-electron chi connectivity index (χ4n) is 1.74. The highest BCUT2D eigenvalue weighted by molar-refractivity contribution is 5.92. The molecular weight excluding hydrogens is 228 g/mol. The first-order chi connectivity index (χ1) is 8.81. The zero-order chi connectivity index (χ0) is 12.4. The normalized spacial score (nSPS) is 14.4. The van der Waals surface area contributed by atoms with Crippen molar-refractivity contribution in [2.24, 2.45) is 0 Å². The summed E-state index contributed by atoms with van der Waals surface area (Å²) in [5.74, 6) is -0.128. The van der Waals surface area contributed by atoms with Gasteiger partial charge in [-0.1, -0.05) is 35.5 Å². The Morgan fingerprint density at radius 1 is 1.33 bits per heavy atom. The third-order valence-corrected chi connectivity index (χ3v) is 2.87. The zero-order valence-corrected chi connectivity index (χ0v) is 9.91. The third-order valence-electron chi connectivity index (χ3n) is 2.87. The summed E-state index contributed by atoms with van der Waals surface area (Å²) in [5.41, 5.74) is 1.52. The molecule has 3 rings (SSSR count). The molecule has 0 saturated heterocycles. The van der Waals surface area contributed by atoms with Crippen LogP contribution in [-0.4, -0.2) is 26.9 Å². The van der Waals surface area contributed by atoms with Crippen molar-refractivity contribution < 1.29 is 4.79 Å². The minimum absolute atomic E-state index is 0.128. The van der Waals surface area contributed by atoms with Crippen LogP contribution in [0.3, 0.4) is 0 Å². The molecule has 0 spiro atoms. The number of hydrogen-bond donors (Lipinski definition) is 1. The average Bonchev–Trinajstić information content (AvgIpc) is 3.07. The van der Waals surface area contributed by atoms with E-state index in [0.29, 0.717) is 18.3 Å². The predicted molar refractivity (Wildman–Crippen MR) is 66.1 cm³/mol. The van der Waals surface area contributed by atoms with Crippen LogP contribution in [0.2, 0.25) is 0 Å². The smallest absolute Gasteiger partial charge is 0.273 e. The Morgan fingerprint density at radius 3 is 2.83 bits per heavy atom. The van der Waals surface area contributed by atoms with Crippen molar-refractivity contribution in [2.75, 3.05) is 0 Å². The van der Waals surface area contributed by atoms with Crippen molar-refractivity contribution in [3.63, 3.8) is 0 Å². The average molecular weight is 242 g/mol. The summed E-state index contributed by atoms with van der Waals surface area (Å²) in [4.78, 5) is 11.7. The van der Waals surface area contributed by atoms with Gasteiger partial charge in [0.25, 0.3) is 5.91 Å². The highest BCUT2D eigenvalue weighted by Crippen LogP contribution is 2.18. The number of benzene rings is 1. The van der Waals surface area contributed by atoms with Gasteiger partial charge in [-0.3, -0.25) is 4.79 Å². The summed E-state index contributed by atoms with van der Waals surface area (Å²) in [6.07, 6.45) is 3.83. The van der Waals surface area contributed by atoms with E-state index < -0.39 is 0 Å². The molecule has 0 unspecified atom stereocenters. The Hall–Kier alpha value is -2.17. The topological polar surface area (TPSA) is 59.8 Å². The second-order valence-corrected chi connectivity index (χ2v) is 4.53. The van der Waals surface area contributed by atoms with Crippen molar-refractivity contribution in [3.8, 4) is 0 Å². The van der Waals surface area contributed by atoms with Crippen LogP contribution in [0.5, 0.6) is 0 Å². The van der Waals surface area contributed by atoms with Gasteiger partial charge in [-0.2, -0.15) is 0 Å². The van der Waals surface area contributed by atoms with Gasteiger partial charge in [-0.05, 0) is 18.4 Å². The number of amides is 1. The van der Waals surface area contributed by atoms with E-state index in [9.17, 15) is 4.79 Å². The lowest BCUT2D eigenvalue weighted by Crippen LogP contribution is -2.25. The van der Waals surface area contributed by atoms with E-state index in [1.807, 2.05) is 30.3 Å². The Balaban J connectivity index is 1.67. The first kappa shape index (κ1) is 11.0. The minimum atomic E-state index is -0.128. The second kappa shape index (κ2) is 4.60. The molecule has 2 aromatic rings. The number of carbonyl (C=O) groups is 1. The van der Waals surface area contributed by atoms with Crippen LogP contribution in [0.1, 0.15) is 28.9 Å². The molecule has 1 saturated carbocycles. The van der Waals surface area contributed by atoms with Crippen molar-refractivity contribution >= 4 is 5.91 Å². The number of carbonyl (C=O) groups excluding carboxylic acids is 1. The molecule has 1 aliphatic rings. The summed E-state index contributed by atoms with van der Waals surface area (Å²) in [6.45, 7) is 0.630. The SMILES string of the molecule is O=C(NC1CC1)c1cn(Cc2ccccc2)nn1. The number of aromatic nitrogens is 3. The lowest BCUT2D eigenvalue weighted by Gasteiger charge is -1.99. The van der Waals surface area contributed by atoms with Crippen LogP contribution in [0.15, 0.2) is 36.5 Å². The molecule has 0 aliphatic heterocycles. The maximum Gasteiger partial charge on any atom is 0.273 e. The van der Waals surface area contributed by atoms with Crippen LogP contribution in [0.4, 0.5) is 0 Å². The van der Waals surface area contributed by atoms with Crippen LogP contribution in [-0.2, 0) is 6.54 Å². The number of hydrogen-bond acceptors (Lipinski definition) is 3. The summed E-state index contributed by atoms with van der Waals surface area (Å²) in [5, 5.41) is 10.8. The Kier molecular flexibility index (Phi) is 2.80. The van der Waals surface area contributed by atoms with Crippen LogP contribution < -0.4 is 5.32 Å². The fourth-order valence-corrected chi connectivity index (χ4v) is 1.74. The van der Waals surface area contributed by atoms with Gasteiger partial charge in [-0.15, -0.1) is 5.10 Å². The zero-order valence-electron chi connectivity index (χ0n) is 9.91. The molecule has 0 radical (unpaired) electrons. The maximum atomic E-state index is 11.7. The molecule has 5 heteroatoms. The summed E-state index contributed by atoms with van der Waals surface area (Å²) in [6, 6.07) is 10.3. The van der Waals surface area contributed by atoms with Gasteiger partial charge >= 0.3 is 0 Å². The highest BCUT2D eigenvalue weighted by atomic mass is 16.2. The molecule has 0 atom stereocenters. The van der Waals surface area contributed by atoms with E-state index >= 15 is 0 Å². The van der Waals surface area contributed by atoms with E-state index in [1.54, 1.807) is 10.9 Å². The minimum Gasteiger partial charge on any atom is -0.348 e. The molecule has 1 N–H and O–H groups in total. The van der Waals surface area contributed by atoms with E-state index in [2.05, 4.69) is 15.6 Å². The van der Waals surface area contributed by atoms with Gasteiger partial charge in [0.15, 0.2) is 5.69 Å². The molecule has 5 nitrogen and oxygen atoms in total. The molecule has 1 amide bonds. The standard InChI is InChI=1S/C13H14N4O/c18-13(14-11-6-7-11)12-9-17(16-15-12)8-10-4-2-1-3-5-10/h1-5,9,11H,6-8H2,(H,14,18). The molecular formula is C13H14N4O. The van der Waals surface area contributed by atoms with E-state index in [-0.39, 0.29) is 5.91 Å². The highest BCUT2D eigenvalue weighted by Gasteiger charge is 2.24. The first-order valence-electron chi connectivity index (χ1n) is 6.06. The summed E-state index contributed by atoms with van der Waals surface area (Å²) in [7, 11) is 0. The summed E-state index contributed by atoms with van der Waals surface area (Å²) < 4.78 is 1.68. The van der Waals surface area contributed by atoms with E-state index in [1.165, 1.54) is 0 Å². The van der Waals surface area contributed by atoms with Crippen molar-refractivity contribution in [1.82, 2.24) is 20.3 Å². The maximum absolute atomic E-state index is 11.7. The molecule has 92 valence electrons. The van der Waals surface area contributed by atoms with Crippen LogP contribution in [0, 0.1) is 0 Å². The lowest BCUT2D eigenvalue weighted by atomic mass is 10.2. The number of nitrogens with one attached hydrogen (secondary N) is 1. The number of nitrogens with zero attached hydrogens (tertiary/aromatic N) is 3. The predicted octanol–water partition coefficient (Wildman–Crippen LogP) is 1.22. The van der Waals surface area contributed by atoms with Crippen molar-refractivity contribution in [1.29, 1.82) is 0 Å². The fraction of sp³-hybridized carbons (Fsp3) is 0.308. The van der Waals surface area contributed by atoms with E-state index in [4.69, 9.17) is 0 Å². The van der Waals surface area contributed by atoms with Gasteiger partial charge in [0.05, 0.1) is 12.7 Å². The van der Waals surface area contributed by atoms with Crippen LogP contribution >= 0.6 is 0 Å². The third kappa shape index (κ3) is 2.56. The molecule has 1 heterocycles. The lowest BCUT2D eigenvalue weighted by molar-refractivity contribution is 0.0946. The molecule has 1 aliphatic carbocycles. The van der Waals surface area contributed by atoms with Crippen LogP contribution in [0.25, 0.3) is 0 Å². The monoisotopic (exact) mass is 242 g/mol. The van der Waals surface area contributed by atoms with Gasteiger partial charge in [0.2, 0.25) is 0 Å². The van der Waals surface area contributed by atoms with Gasteiger partial charge in [0.1, 0.15) is 0 Å². The largest absolute Gasteiger partial charge is 0.348 e. The molecule has 18 heavy (non-hydrogen) atoms. The van der Waals surface area contributed by atoms with Gasteiger partial charge in [0, 0.05) is 6.04 Å². The Labute approximate surface area is 105 Å². The van der Waals surface area contributed by atoms with Gasteiger partial charge < -0.3 is 5.32 Å². The molecule has 1 fully saturated rings. The molecule has 1 aromatic heterocycles. The van der Waals surface area contributed by atoms with E-state index in [0.717, 1.165) is 18.4 Å². The number of rotatable bonds is 4. The second-order valence-electron chi connectivity index (χ2n) is 4.53. The van der Waals surface area contributed by atoms with Crippen molar-refractivity contribution in [2.45, 2.75) is 25.4 Å². The first-order valence-corrected chi connectivity index (χ1v) is 6.06. The summed E-state index contributed by atoms with van der Waals surface area (Å²) >= 11 is 0. The Morgan fingerprint density at radius 2 is 2.11 bits per heavy atom. The Bertz CT molecular complexity index is 545. The quantitative estimate of drug-likeness (QED) is 0.877. The van der Waals surface area contributed by atoms with Gasteiger partial charge in [-0.25, -0.2) is 4.68 Å².